The number of carbonyl (C=O) groups is 1. The summed E-state index contributed by atoms with van der Waals surface area (Å²) in [4.78, 5) is 12.3. The van der Waals surface area contributed by atoms with Gasteiger partial charge in [-0.1, -0.05) is 64.2 Å². The van der Waals surface area contributed by atoms with Crippen molar-refractivity contribution in [2.75, 3.05) is 0 Å². The molecule has 146 valence electrons. The molecule has 1 aromatic rings. The summed E-state index contributed by atoms with van der Waals surface area (Å²) in [5.74, 6) is -0.0261. The van der Waals surface area contributed by atoms with Crippen molar-refractivity contribution in [3.63, 3.8) is 0 Å². The third-order valence-corrected chi connectivity index (χ3v) is 5.90. The number of rotatable bonds is 3. The average molecular weight is 383 g/mol. The Hall–Kier alpha value is -1.40. The Morgan fingerprint density at radius 2 is 1.23 bits per heavy atom. The highest BCUT2D eigenvalue weighted by molar-refractivity contribution is 7.85. The Balaban J connectivity index is 1.93. The third-order valence-electron chi connectivity index (χ3n) is 5.03. The van der Waals surface area contributed by atoms with E-state index in [4.69, 9.17) is 9.29 Å². The van der Waals surface area contributed by atoms with Crippen LogP contribution in [0.25, 0.3) is 0 Å². The molecular formula is C20H30O5S. The first-order valence-electron chi connectivity index (χ1n) is 9.76. The maximum absolute atomic E-state index is 12.5. The standard InChI is InChI=1S/C20H30O5S/c21-20(25-18-13-15-19(16-14-18)26(22,23)24)17-11-9-7-5-3-1-2-4-6-8-10-12-17/h13-17H,1-12H2,(H,22,23,24). The van der Waals surface area contributed by atoms with E-state index in [0.717, 1.165) is 38.5 Å². The largest absolute Gasteiger partial charge is 0.426 e. The van der Waals surface area contributed by atoms with Crippen LogP contribution in [-0.4, -0.2) is 18.9 Å². The summed E-state index contributed by atoms with van der Waals surface area (Å²) in [7, 11) is -4.23. The second-order valence-electron chi connectivity index (χ2n) is 7.18. The molecule has 1 N–H and O–H groups in total. The second-order valence-corrected chi connectivity index (χ2v) is 8.60. The van der Waals surface area contributed by atoms with Gasteiger partial charge in [-0.05, 0) is 37.1 Å². The summed E-state index contributed by atoms with van der Waals surface area (Å²) in [6, 6.07) is 5.28. The Bertz CT molecular complexity index is 637. The predicted octanol–water partition coefficient (Wildman–Crippen LogP) is 5.15. The molecule has 6 heteroatoms. The van der Waals surface area contributed by atoms with E-state index >= 15 is 0 Å². The van der Waals surface area contributed by atoms with Gasteiger partial charge in [0, 0.05) is 0 Å². The number of hydrogen-bond donors (Lipinski definition) is 1. The SMILES string of the molecule is O=C(Oc1ccc(S(=O)(=O)O)cc1)C1CCCCCCCCCCCC1. The van der Waals surface area contributed by atoms with Crippen LogP contribution in [-0.2, 0) is 14.9 Å². The van der Waals surface area contributed by atoms with Crippen LogP contribution in [0.3, 0.4) is 0 Å². The summed E-state index contributed by atoms with van der Waals surface area (Å²) >= 11 is 0. The van der Waals surface area contributed by atoms with E-state index in [-0.39, 0.29) is 16.8 Å². The maximum atomic E-state index is 12.5. The molecule has 1 aromatic carbocycles. The Morgan fingerprint density at radius 1 is 0.808 bits per heavy atom. The average Bonchev–Trinajstić information content (AvgIpc) is 2.62. The monoisotopic (exact) mass is 382 g/mol. The van der Waals surface area contributed by atoms with Crippen molar-refractivity contribution in [1.29, 1.82) is 0 Å². The zero-order chi connectivity index (χ0) is 18.8. The van der Waals surface area contributed by atoms with Crippen LogP contribution in [0, 0.1) is 5.92 Å². The van der Waals surface area contributed by atoms with Gasteiger partial charge in [-0.25, -0.2) is 0 Å². The lowest BCUT2D eigenvalue weighted by Gasteiger charge is -2.16. The van der Waals surface area contributed by atoms with Gasteiger partial charge < -0.3 is 4.74 Å². The molecule has 5 nitrogen and oxygen atoms in total. The lowest BCUT2D eigenvalue weighted by Crippen LogP contribution is -2.21. The van der Waals surface area contributed by atoms with Crippen LogP contribution in [0.5, 0.6) is 5.75 Å². The predicted molar refractivity (Wildman–Crippen MR) is 101 cm³/mol. The third kappa shape index (κ3) is 7.46. The molecule has 2 rings (SSSR count). The van der Waals surface area contributed by atoms with Crippen LogP contribution in [0.1, 0.15) is 77.0 Å². The molecule has 1 saturated carbocycles. The molecule has 0 bridgehead atoms. The summed E-state index contributed by atoms with van der Waals surface area (Å²) in [6.45, 7) is 0. The van der Waals surface area contributed by atoms with Gasteiger partial charge in [0.1, 0.15) is 5.75 Å². The van der Waals surface area contributed by atoms with Gasteiger partial charge in [-0.15, -0.1) is 0 Å². The topological polar surface area (TPSA) is 80.7 Å². The van der Waals surface area contributed by atoms with Crippen LogP contribution in [0.4, 0.5) is 0 Å². The van der Waals surface area contributed by atoms with Crippen LogP contribution >= 0.6 is 0 Å². The van der Waals surface area contributed by atoms with Crippen LogP contribution in [0.15, 0.2) is 29.2 Å². The van der Waals surface area contributed by atoms with Crippen molar-refractivity contribution >= 4 is 16.1 Å². The second kappa shape index (κ2) is 10.7. The van der Waals surface area contributed by atoms with Gasteiger partial charge in [-0.3, -0.25) is 9.35 Å². The van der Waals surface area contributed by atoms with E-state index < -0.39 is 10.1 Å². The summed E-state index contributed by atoms with van der Waals surface area (Å²) in [6.07, 6.45) is 13.8. The summed E-state index contributed by atoms with van der Waals surface area (Å²) in [5.41, 5.74) is 0. The Morgan fingerprint density at radius 3 is 1.65 bits per heavy atom. The van der Waals surface area contributed by atoms with E-state index in [1.807, 2.05) is 0 Å². The summed E-state index contributed by atoms with van der Waals surface area (Å²) < 4.78 is 36.6. The molecule has 1 fully saturated rings. The number of benzene rings is 1. The van der Waals surface area contributed by atoms with Crippen molar-refractivity contribution in [1.82, 2.24) is 0 Å². The first-order valence-corrected chi connectivity index (χ1v) is 11.2. The molecule has 0 saturated heterocycles. The highest BCUT2D eigenvalue weighted by Crippen LogP contribution is 2.24. The number of esters is 1. The van der Waals surface area contributed by atoms with E-state index in [0.29, 0.717) is 5.75 Å². The highest BCUT2D eigenvalue weighted by Gasteiger charge is 2.20. The highest BCUT2D eigenvalue weighted by atomic mass is 32.2. The normalized spacial score (nSPS) is 19.0. The van der Waals surface area contributed by atoms with E-state index in [9.17, 15) is 13.2 Å². The van der Waals surface area contributed by atoms with Crippen LogP contribution in [0.2, 0.25) is 0 Å². The van der Waals surface area contributed by atoms with Gasteiger partial charge >= 0.3 is 5.97 Å². The molecule has 0 radical (unpaired) electrons. The minimum Gasteiger partial charge on any atom is -0.426 e. The Kier molecular flexibility index (Phi) is 8.59. The summed E-state index contributed by atoms with van der Waals surface area (Å²) in [5, 5.41) is 0. The van der Waals surface area contributed by atoms with E-state index in [1.165, 1.54) is 62.8 Å². The first kappa shape index (κ1) is 20.9. The lowest BCUT2D eigenvalue weighted by molar-refractivity contribution is -0.139. The first-order chi connectivity index (χ1) is 12.5. The number of carbonyl (C=O) groups excluding carboxylic acids is 1. The zero-order valence-electron chi connectivity index (χ0n) is 15.4. The smallest absolute Gasteiger partial charge is 0.314 e. The zero-order valence-corrected chi connectivity index (χ0v) is 16.2. The van der Waals surface area contributed by atoms with Gasteiger partial charge in [0.05, 0.1) is 10.8 Å². The quantitative estimate of drug-likeness (QED) is 0.444. The van der Waals surface area contributed by atoms with Gasteiger partial charge in [0.2, 0.25) is 0 Å². The fourth-order valence-corrected chi connectivity index (χ4v) is 3.93. The van der Waals surface area contributed by atoms with Crippen LogP contribution < -0.4 is 4.74 Å². The molecule has 1 aliphatic carbocycles. The number of hydrogen-bond acceptors (Lipinski definition) is 4. The number of ether oxygens (including phenoxy) is 1. The van der Waals surface area contributed by atoms with Gasteiger partial charge in [-0.2, -0.15) is 8.42 Å². The fraction of sp³-hybridized carbons (Fsp3) is 0.650. The van der Waals surface area contributed by atoms with Crippen molar-refractivity contribution in [2.24, 2.45) is 5.92 Å². The lowest BCUT2D eigenvalue weighted by atomic mass is 9.95. The Labute approximate surface area is 156 Å². The van der Waals surface area contributed by atoms with E-state index in [1.54, 1.807) is 0 Å². The molecule has 0 aromatic heterocycles. The van der Waals surface area contributed by atoms with Crippen molar-refractivity contribution < 1.29 is 22.5 Å². The molecule has 0 aliphatic heterocycles. The minimum absolute atomic E-state index is 0.1000. The van der Waals surface area contributed by atoms with Crippen molar-refractivity contribution in [2.45, 2.75) is 81.9 Å². The molecule has 0 amide bonds. The molecule has 1 aliphatic rings. The molecular weight excluding hydrogens is 352 g/mol. The molecule has 26 heavy (non-hydrogen) atoms. The van der Waals surface area contributed by atoms with Crippen molar-refractivity contribution in [3.8, 4) is 5.75 Å². The van der Waals surface area contributed by atoms with Gasteiger partial charge in [0.25, 0.3) is 10.1 Å². The van der Waals surface area contributed by atoms with E-state index in [2.05, 4.69) is 0 Å². The molecule has 0 atom stereocenters. The minimum atomic E-state index is -4.23. The maximum Gasteiger partial charge on any atom is 0.314 e. The van der Waals surface area contributed by atoms with Crippen molar-refractivity contribution in [3.05, 3.63) is 24.3 Å². The molecule has 0 heterocycles. The van der Waals surface area contributed by atoms with Gasteiger partial charge in [0.15, 0.2) is 0 Å². The molecule has 0 unspecified atom stereocenters. The fourth-order valence-electron chi connectivity index (χ4n) is 3.45. The molecule has 0 spiro atoms.